The molecule has 0 saturated heterocycles. The van der Waals surface area contributed by atoms with Crippen LogP contribution in [0, 0.1) is 31.3 Å². The Morgan fingerprint density at radius 2 is 1.83 bits per heavy atom. The number of aryl methyl sites for hydroxylation is 1. The van der Waals surface area contributed by atoms with E-state index in [4.69, 9.17) is 4.74 Å². The lowest BCUT2D eigenvalue weighted by atomic mass is 10.1. The van der Waals surface area contributed by atoms with Gasteiger partial charge >= 0.3 is 0 Å². The van der Waals surface area contributed by atoms with Gasteiger partial charge in [0.25, 0.3) is 5.91 Å². The second kappa shape index (κ2) is 7.17. The highest BCUT2D eigenvalue weighted by molar-refractivity contribution is 5.94. The van der Waals surface area contributed by atoms with E-state index in [-0.39, 0.29) is 13.2 Å². The second-order valence-corrected chi connectivity index (χ2v) is 5.03. The zero-order chi connectivity index (χ0) is 17.0. The first kappa shape index (κ1) is 16.9. The fourth-order valence-electron chi connectivity index (χ4n) is 2.00. The van der Waals surface area contributed by atoms with Gasteiger partial charge in [-0.05, 0) is 43.2 Å². The molecule has 1 N–H and O–H groups in total. The molecule has 0 unspecified atom stereocenters. The molecule has 23 heavy (non-hydrogen) atoms. The van der Waals surface area contributed by atoms with Gasteiger partial charge in [0, 0.05) is 0 Å². The smallest absolute Gasteiger partial charge is 0.254 e. The van der Waals surface area contributed by atoms with Crippen molar-refractivity contribution >= 4 is 5.91 Å². The number of carbonyl (C=O) groups is 1. The van der Waals surface area contributed by atoms with Gasteiger partial charge in [-0.15, -0.1) is 0 Å². The Kier molecular flexibility index (Phi) is 5.26. The number of halogens is 3. The van der Waals surface area contributed by atoms with E-state index in [1.807, 2.05) is 26.0 Å². The van der Waals surface area contributed by atoms with Crippen molar-refractivity contribution in [2.75, 3.05) is 13.2 Å². The van der Waals surface area contributed by atoms with Crippen LogP contribution in [0.1, 0.15) is 21.5 Å². The van der Waals surface area contributed by atoms with Crippen LogP contribution in [0.3, 0.4) is 0 Å². The van der Waals surface area contributed by atoms with Gasteiger partial charge in [-0.25, -0.2) is 13.2 Å². The third kappa shape index (κ3) is 3.83. The lowest BCUT2D eigenvalue weighted by Crippen LogP contribution is -2.29. The van der Waals surface area contributed by atoms with Crippen molar-refractivity contribution in [2.45, 2.75) is 13.8 Å². The van der Waals surface area contributed by atoms with Crippen LogP contribution >= 0.6 is 0 Å². The van der Waals surface area contributed by atoms with E-state index in [1.165, 1.54) is 0 Å². The van der Waals surface area contributed by atoms with E-state index < -0.39 is 28.9 Å². The lowest BCUT2D eigenvalue weighted by Gasteiger charge is -2.11. The molecule has 2 aromatic rings. The minimum Gasteiger partial charge on any atom is -0.491 e. The number of benzene rings is 2. The Labute approximate surface area is 132 Å². The summed E-state index contributed by atoms with van der Waals surface area (Å²) < 4.78 is 44.9. The number of amides is 1. The molecule has 0 aliphatic rings. The molecule has 0 fully saturated rings. The summed E-state index contributed by atoms with van der Waals surface area (Å²) in [5, 5.41) is 2.40. The number of nitrogens with one attached hydrogen (secondary N) is 1. The molecule has 6 heteroatoms. The van der Waals surface area contributed by atoms with E-state index in [2.05, 4.69) is 5.32 Å². The van der Waals surface area contributed by atoms with Gasteiger partial charge in [-0.1, -0.05) is 12.1 Å². The van der Waals surface area contributed by atoms with E-state index in [0.29, 0.717) is 11.8 Å². The SMILES string of the molecule is Cc1cccc(OCCNC(=O)c2ccc(F)c(F)c2F)c1C. The number of ether oxygens (including phenoxy) is 1. The van der Waals surface area contributed by atoms with Crippen molar-refractivity contribution in [1.29, 1.82) is 0 Å². The summed E-state index contributed by atoms with van der Waals surface area (Å²) in [5.41, 5.74) is 1.52. The number of rotatable bonds is 5. The maximum atomic E-state index is 13.5. The highest BCUT2D eigenvalue weighted by atomic mass is 19.2. The first-order chi connectivity index (χ1) is 10.9. The zero-order valence-electron chi connectivity index (χ0n) is 12.8. The van der Waals surface area contributed by atoms with Crippen molar-refractivity contribution in [2.24, 2.45) is 0 Å². The molecule has 0 aliphatic carbocycles. The summed E-state index contributed by atoms with van der Waals surface area (Å²) in [6, 6.07) is 7.22. The van der Waals surface area contributed by atoms with Crippen molar-refractivity contribution in [3.63, 3.8) is 0 Å². The topological polar surface area (TPSA) is 38.3 Å². The maximum Gasteiger partial charge on any atom is 0.254 e. The summed E-state index contributed by atoms with van der Waals surface area (Å²) in [5.74, 6) is -4.64. The fourth-order valence-corrected chi connectivity index (χ4v) is 2.00. The molecule has 0 spiro atoms. The monoisotopic (exact) mass is 323 g/mol. The molecule has 0 saturated carbocycles. The second-order valence-electron chi connectivity index (χ2n) is 5.03. The number of hydrogen-bond acceptors (Lipinski definition) is 2. The largest absolute Gasteiger partial charge is 0.491 e. The van der Waals surface area contributed by atoms with Gasteiger partial charge in [0.2, 0.25) is 0 Å². The predicted octanol–water partition coefficient (Wildman–Crippen LogP) is 3.53. The highest BCUT2D eigenvalue weighted by Gasteiger charge is 2.18. The molecule has 2 aromatic carbocycles. The zero-order valence-corrected chi connectivity index (χ0v) is 12.8. The maximum absolute atomic E-state index is 13.5. The third-order valence-corrected chi connectivity index (χ3v) is 3.48. The lowest BCUT2D eigenvalue weighted by molar-refractivity contribution is 0.0941. The van der Waals surface area contributed by atoms with Gasteiger partial charge in [-0.3, -0.25) is 4.79 Å². The molecular formula is C17H16F3NO2. The van der Waals surface area contributed by atoms with Gasteiger partial charge in [0.15, 0.2) is 17.5 Å². The van der Waals surface area contributed by atoms with Gasteiger partial charge in [0.05, 0.1) is 12.1 Å². The minimum atomic E-state index is -1.66. The number of carbonyl (C=O) groups excluding carboxylic acids is 1. The van der Waals surface area contributed by atoms with E-state index >= 15 is 0 Å². The Hall–Kier alpha value is -2.50. The Bertz CT molecular complexity index is 732. The van der Waals surface area contributed by atoms with Crippen LogP contribution in [0.25, 0.3) is 0 Å². The molecule has 3 nitrogen and oxygen atoms in total. The summed E-state index contributed by atoms with van der Waals surface area (Å²) in [7, 11) is 0. The van der Waals surface area contributed by atoms with E-state index in [1.54, 1.807) is 6.07 Å². The molecule has 0 atom stereocenters. The van der Waals surface area contributed by atoms with Crippen LogP contribution in [0.5, 0.6) is 5.75 Å². The van der Waals surface area contributed by atoms with Gasteiger partial charge < -0.3 is 10.1 Å². The fraction of sp³-hybridized carbons (Fsp3) is 0.235. The molecule has 0 bridgehead atoms. The van der Waals surface area contributed by atoms with Gasteiger partial charge in [0.1, 0.15) is 12.4 Å². The Balaban J connectivity index is 1.91. The van der Waals surface area contributed by atoms with Crippen LogP contribution in [0.2, 0.25) is 0 Å². The predicted molar refractivity (Wildman–Crippen MR) is 80.1 cm³/mol. The Morgan fingerprint density at radius 3 is 2.57 bits per heavy atom. The van der Waals surface area contributed by atoms with Crippen molar-refractivity contribution < 1.29 is 22.7 Å². The first-order valence-electron chi connectivity index (χ1n) is 7.02. The van der Waals surface area contributed by atoms with E-state index in [0.717, 1.165) is 17.2 Å². The normalized spacial score (nSPS) is 10.5. The average Bonchev–Trinajstić information content (AvgIpc) is 2.53. The molecule has 0 radical (unpaired) electrons. The highest BCUT2D eigenvalue weighted by Crippen LogP contribution is 2.20. The minimum absolute atomic E-state index is 0.102. The summed E-state index contributed by atoms with van der Waals surface area (Å²) in [6.45, 7) is 4.14. The van der Waals surface area contributed by atoms with Crippen LogP contribution in [-0.2, 0) is 0 Å². The van der Waals surface area contributed by atoms with Crippen molar-refractivity contribution in [3.05, 3.63) is 64.5 Å². The quantitative estimate of drug-likeness (QED) is 0.675. The van der Waals surface area contributed by atoms with Crippen LogP contribution in [0.15, 0.2) is 30.3 Å². The standard InChI is InChI=1S/C17H16F3NO2/c1-10-4-3-5-14(11(10)2)23-9-8-21-17(22)12-6-7-13(18)16(20)15(12)19/h3-7H,8-9H2,1-2H3,(H,21,22). The molecule has 0 aliphatic heterocycles. The van der Waals surface area contributed by atoms with Crippen LogP contribution in [0.4, 0.5) is 13.2 Å². The van der Waals surface area contributed by atoms with Crippen LogP contribution in [-0.4, -0.2) is 19.1 Å². The molecule has 122 valence electrons. The molecule has 1 amide bonds. The molecular weight excluding hydrogens is 307 g/mol. The van der Waals surface area contributed by atoms with Gasteiger partial charge in [-0.2, -0.15) is 0 Å². The summed E-state index contributed by atoms with van der Waals surface area (Å²) >= 11 is 0. The molecule has 0 aromatic heterocycles. The third-order valence-electron chi connectivity index (χ3n) is 3.48. The van der Waals surface area contributed by atoms with Crippen molar-refractivity contribution in [3.8, 4) is 5.75 Å². The first-order valence-corrected chi connectivity index (χ1v) is 7.02. The number of hydrogen-bond donors (Lipinski definition) is 1. The van der Waals surface area contributed by atoms with Crippen LogP contribution < -0.4 is 10.1 Å². The summed E-state index contributed by atoms with van der Waals surface area (Å²) in [6.07, 6.45) is 0. The van der Waals surface area contributed by atoms with E-state index in [9.17, 15) is 18.0 Å². The molecule has 2 rings (SSSR count). The Morgan fingerprint density at radius 1 is 1.09 bits per heavy atom. The molecule has 0 heterocycles. The van der Waals surface area contributed by atoms with Crippen molar-refractivity contribution in [1.82, 2.24) is 5.32 Å². The summed E-state index contributed by atoms with van der Waals surface area (Å²) in [4.78, 5) is 11.8. The average molecular weight is 323 g/mol.